The van der Waals surface area contributed by atoms with E-state index in [1.165, 1.54) is 12.4 Å². The van der Waals surface area contributed by atoms with Crippen LogP contribution in [0.2, 0.25) is 0 Å². The summed E-state index contributed by atoms with van der Waals surface area (Å²) in [7, 11) is 1.63. The fourth-order valence-corrected chi connectivity index (χ4v) is 2.29. The topological polar surface area (TPSA) is 95.1 Å². The molecule has 0 saturated heterocycles. The Kier molecular flexibility index (Phi) is 4.37. The molecule has 0 unspecified atom stereocenters. The summed E-state index contributed by atoms with van der Waals surface area (Å²) >= 11 is 0. The molecule has 1 heterocycles. The number of nitrogens with one attached hydrogen (secondary N) is 1. The van der Waals surface area contributed by atoms with Crippen molar-refractivity contribution in [3.8, 4) is 11.5 Å². The molecule has 2 aromatic carbocycles. The van der Waals surface area contributed by atoms with Crippen molar-refractivity contribution in [2.45, 2.75) is 6.54 Å². The molecule has 8 nitrogen and oxygen atoms in total. The molecule has 0 aliphatic heterocycles. The molecular weight excluding hydrogens is 310 g/mol. The third kappa shape index (κ3) is 3.32. The molecule has 3 rings (SSSR count). The van der Waals surface area contributed by atoms with Crippen molar-refractivity contribution >= 4 is 11.4 Å². The Morgan fingerprint density at radius 3 is 2.83 bits per heavy atom. The molecule has 0 saturated carbocycles. The minimum atomic E-state index is -0.436. The Morgan fingerprint density at radius 1 is 1.29 bits per heavy atom. The van der Waals surface area contributed by atoms with Crippen molar-refractivity contribution in [3.63, 3.8) is 0 Å². The molecule has 3 aromatic rings. The van der Waals surface area contributed by atoms with Gasteiger partial charge in [0, 0.05) is 24.7 Å². The molecular formula is C16H15N5O3. The Bertz CT molecular complexity index is 849. The molecule has 0 amide bonds. The maximum Gasteiger partial charge on any atom is 0.292 e. The van der Waals surface area contributed by atoms with Gasteiger partial charge in [-0.15, -0.1) is 0 Å². The van der Waals surface area contributed by atoms with Crippen molar-refractivity contribution in [1.29, 1.82) is 0 Å². The smallest absolute Gasteiger partial charge is 0.292 e. The van der Waals surface area contributed by atoms with Crippen LogP contribution in [0.4, 0.5) is 11.4 Å². The maximum atomic E-state index is 11.0. The second kappa shape index (κ2) is 6.78. The first-order valence-electron chi connectivity index (χ1n) is 7.21. The zero-order chi connectivity index (χ0) is 16.9. The SMILES string of the molecule is CNc1cc(Oc2ccccc2Cn2cncn2)ccc1[N+](=O)[O-]. The lowest BCUT2D eigenvalue weighted by molar-refractivity contribution is -0.384. The second-order valence-corrected chi connectivity index (χ2v) is 4.99. The average Bonchev–Trinajstić information content (AvgIpc) is 3.09. The average molecular weight is 325 g/mol. The summed E-state index contributed by atoms with van der Waals surface area (Å²) in [5.74, 6) is 1.17. The largest absolute Gasteiger partial charge is 0.457 e. The van der Waals surface area contributed by atoms with Gasteiger partial charge in [-0.25, -0.2) is 9.67 Å². The van der Waals surface area contributed by atoms with E-state index in [1.54, 1.807) is 30.2 Å². The molecule has 1 aromatic heterocycles. The molecule has 1 N–H and O–H groups in total. The van der Waals surface area contributed by atoms with E-state index in [0.717, 1.165) is 5.56 Å². The van der Waals surface area contributed by atoms with Gasteiger partial charge in [-0.1, -0.05) is 18.2 Å². The van der Waals surface area contributed by atoms with Crippen LogP contribution in [-0.4, -0.2) is 26.7 Å². The summed E-state index contributed by atoms with van der Waals surface area (Å²) in [6, 6.07) is 12.1. The number of aromatic nitrogens is 3. The lowest BCUT2D eigenvalue weighted by atomic mass is 10.2. The molecule has 0 radical (unpaired) electrons. The number of para-hydroxylation sites is 1. The van der Waals surface area contributed by atoms with Crippen LogP contribution in [0.3, 0.4) is 0 Å². The van der Waals surface area contributed by atoms with E-state index in [9.17, 15) is 10.1 Å². The highest BCUT2D eigenvalue weighted by Gasteiger charge is 2.14. The van der Waals surface area contributed by atoms with Gasteiger partial charge in [0.1, 0.15) is 29.8 Å². The zero-order valence-corrected chi connectivity index (χ0v) is 12.9. The summed E-state index contributed by atoms with van der Waals surface area (Å²) in [6.45, 7) is 0.516. The fourth-order valence-electron chi connectivity index (χ4n) is 2.29. The van der Waals surface area contributed by atoms with Crippen LogP contribution in [0.15, 0.2) is 55.1 Å². The lowest BCUT2D eigenvalue weighted by Crippen LogP contribution is -2.02. The van der Waals surface area contributed by atoms with Gasteiger partial charge >= 0.3 is 0 Å². The molecule has 0 bridgehead atoms. The van der Waals surface area contributed by atoms with Gasteiger partial charge in [-0.3, -0.25) is 10.1 Å². The van der Waals surface area contributed by atoms with E-state index in [0.29, 0.717) is 23.7 Å². The highest BCUT2D eigenvalue weighted by Crippen LogP contribution is 2.32. The van der Waals surface area contributed by atoms with Crippen molar-refractivity contribution < 1.29 is 9.66 Å². The molecule has 0 aliphatic rings. The molecule has 0 fully saturated rings. The molecule has 0 aliphatic carbocycles. The number of hydrogen-bond acceptors (Lipinski definition) is 6. The van der Waals surface area contributed by atoms with Gasteiger partial charge in [-0.05, 0) is 12.1 Å². The maximum absolute atomic E-state index is 11.0. The molecule has 0 spiro atoms. The van der Waals surface area contributed by atoms with Gasteiger partial charge in [0.15, 0.2) is 0 Å². The quantitative estimate of drug-likeness (QED) is 0.553. The predicted octanol–water partition coefficient (Wildman–Crippen LogP) is 3.07. The fraction of sp³-hybridized carbons (Fsp3) is 0.125. The van der Waals surface area contributed by atoms with Crippen LogP contribution in [0.5, 0.6) is 11.5 Å². The molecule has 0 atom stereocenters. The Morgan fingerprint density at radius 2 is 2.12 bits per heavy atom. The zero-order valence-electron chi connectivity index (χ0n) is 12.9. The minimum absolute atomic E-state index is 0.000695. The summed E-state index contributed by atoms with van der Waals surface area (Å²) in [5.41, 5.74) is 1.32. The number of rotatable bonds is 6. The summed E-state index contributed by atoms with van der Waals surface area (Å²) < 4.78 is 7.60. The number of nitrogens with zero attached hydrogens (tertiary/aromatic N) is 4. The van der Waals surface area contributed by atoms with Crippen molar-refractivity contribution in [3.05, 3.63) is 70.8 Å². The highest BCUT2D eigenvalue weighted by molar-refractivity contribution is 5.64. The van der Waals surface area contributed by atoms with Gasteiger partial charge in [0.2, 0.25) is 0 Å². The van der Waals surface area contributed by atoms with Crippen LogP contribution in [-0.2, 0) is 6.54 Å². The van der Waals surface area contributed by atoms with Crippen LogP contribution in [0.25, 0.3) is 0 Å². The predicted molar refractivity (Wildman–Crippen MR) is 88.3 cm³/mol. The molecule has 24 heavy (non-hydrogen) atoms. The van der Waals surface area contributed by atoms with E-state index in [4.69, 9.17) is 4.74 Å². The van der Waals surface area contributed by atoms with Gasteiger partial charge < -0.3 is 10.1 Å². The van der Waals surface area contributed by atoms with Gasteiger partial charge in [0.05, 0.1) is 11.5 Å². The third-order valence-electron chi connectivity index (χ3n) is 3.43. The van der Waals surface area contributed by atoms with Gasteiger partial charge in [-0.2, -0.15) is 5.10 Å². The Labute approximate surface area is 137 Å². The first kappa shape index (κ1) is 15.5. The van der Waals surface area contributed by atoms with Crippen molar-refractivity contribution in [1.82, 2.24) is 14.8 Å². The standard InChI is InChI=1S/C16H15N5O3/c1-17-14-8-13(6-7-15(14)21(22)23)24-16-5-3-2-4-12(16)9-20-11-18-10-19-20/h2-8,10-11,17H,9H2,1H3. The monoisotopic (exact) mass is 325 g/mol. The second-order valence-electron chi connectivity index (χ2n) is 4.99. The van der Waals surface area contributed by atoms with E-state index in [1.807, 2.05) is 24.3 Å². The summed E-state index contributed by atoms with van der Waals surface area (Å²) in [5, 5.41) is 17.9. The highest BCUT2D eigenvalue weighted by atomic mass is 16.6. The molecule has 8 heteroatoms. The van der Waals surface area contributed by atoms with Crippen LogP contribution in [0.1, 0.15) is 5.56 Å². The first-order valence-corrected chi connectivity index (χ1v) is 7.21. The number of hydrogen-bond donors (Lipinski definition) is 1. The number of nitro benzene ring substituents is 1. The van der Waals surface area contributed by atoms with Crippen LogP contribution >= 0.6 is 0 Å². The third-order valence-corrected chi connectivity index (χ3v) is 3.43. The van der Waals surface area contributed by atoms with Crippen LogP contribution < -0.4 is 10.1 Å². The first-order chi connectivity index (χ1) is 11.7. The summed E-state index contributed by atoms with van der Waals surface area (Å²) in [6.07, 6.45) is 3.10. The van der Waals surface area contributed by atoms with Gasteiger partial charge in [0.25, 0.3) is 5.69 Å². The minimum Gasteiger partial charge on any atom is -0.457 e. The number of ether oxygens (including phenoxy) is 1. The number of anilines is 1. The number of nitro groups is 1. The molecule has 122 valence electrons. The van der Waals surface area contributed by atoms with E-state index < -0.39 is 4.92 Å². The Hall–Kier alpha value is -3.42. The van der Waals surface area contributed by atoms with Crippen LogP contribution in [0, 0.1) is 10.1 Å². The lowest BCUT2D eigenvalue weighted by Gasteiger charge is -2.12. The van der Waals surface area contributed by atoms with Crippen molar-refractivity contribution in [2.24, 2.45) is 0 Å². The number of benzene rings is 2. The van der Waals surface area contributed by atoms with E-state index in [-0.39, 0.29) is 5.69 Å². The van der Waals surface area contributed by atoms with Crippen molar-refractivity contribution in [2.75, 3.05) is 12.4 Å². The van der Waals surface area contributed by atoms with E-state index in [2.05, 4.69) is 15.4 Å². The van der Waals surface area contributed by atoms with E-state index >= 15 is 0 Å². The Balaban J connectivity index is 1.87. The summed E-state index contributed by atoms with van der Waals surface area (Å²) in [4.78, 5) is 14.5. The normalized spacial score (nSPS) is 10.4.